The third-order valence-corrected chi connectivity index (χ3v) is 4.02. The third-order valence-electron chi connectivity index (χ3n) is 4.02. The molecule has 1 fully saturated rings. The molecule has 8 heteroatoms. The van der Waals surface area contributed by atoms with Crippen molar-refractivity contribution in [2.75, 3.05) is 36.5 Å². The van der Waals surface area contributed by atoms with Gasteiger partial charge in [0.15, 0.2) is 0 Å². The predicted octanol–water partition coefficient (Wildman–Crippen LogP) is 1.72. The Bertz CT molecular complexity index is 658. The quantitative estimate of drug-likeness (QED) is 0.798. The Kier molecular flexibility index (Phi) is 5.02. The lowest BCUT2D eigenvalue weighted by Gasteiger charge is -2.29. The Labute approximate surface area is 140 Å². The molecule has 0 saturated carbocycles. The number of halogens is 1. The molecule has 1 aliphatic heterocycles. The topological polar surface area (TPSA) is 67.3 Å². The summed E-state index contributed by atoms with van der Waals surface area (Å²) in [5, 5.41) is 0. The number of nitrogens with zero attached hydrogens (tertiary/aromatic N) is 6. The average Bonchev–Trinajstić information content (AvgIpc) is 2.96. The van der Waals surface area contributed by atoms with Gasteiger partial charge in [0.25, 0.3) is 0 Å². The zero-order valence-electron chi connectivity index (χ0n) is 13.8. The maximum atomic E-state index is 14.0. The summed E-state index contributed by atoms with van der Waals surface area (Å²) in [4.78, 5) is 20.5. The molecule has 0 aliphatic carbocycles. The van der Waals surface area contributed by atoms with Crippen LogP contribution in [-0.2, 0) is 0 Å². The van der Waals surface area contributed by atoms with E-state index in [2.05, 4.69) is 19.9 Å². The first-order chi connectivity index (χ1) is 11.7. The van der Waals surface area contributed by atoms with E-state index in [0.29, 0.717) is 32.0 Å². The number of ether oxygens (including phenoxy) is 1. The third kappa shape index (κ3) is 3.69. The van der Waals surface area contributed by atoms with E-state index in [1.165, 1.54) is 12.7 Å². The van der Waals surface area contributed by atoms with Gasteiger partial charge in [0.1, 0.15) is 30.5 Å². The van der Waals surface area contributed by atoms with Gasteiger partial charge in [-0.05, 0) is 13.0 Å². The van der Waals surface area contributed by atoms with Gasteiger partial charge in [-0.25, -0.2) is 24.3 Å². The second-order valence-electron chi connectivity index (χ2n) is 5.73. The number of alkyl halides is 1. The smallest absolute Gasteiger partial charge is 0.218 e. The second kappa shape index (κ2) is 7.37. The van der Waals surface area contributed by atoms with Gasteiger partial charge >= 0.3 is 0 Å². The number of aromatic nitrogens is 4. The maximum Gasteiger partial charge on any atom is 0.218 e. The molecule has 0 unspecified atom stereocenters. The molecule has 0 N–H and O–H groups in total. The normalized spacial score (nSPS) is 20.2. The SMILES string of the molecule is CCOc1cc(N(C)C[C@@H]2C[C@H](F)CN2c2ccncn2)ncn1. The number of hydrogen-bond acceptors (Lipinski definition) is 7. The second-order valence-corrected chi connectivity index (χ2v) is 5.73. The van der Waals surface area contributed by atoms with Crippen LogP contribution in [0.4, 0.5) is 16.0 Å². The fourth-order valence-corrected chi connectivity index (χ4v) is 2.94. The lowest BCUT2D eigenvalue weighted by Crippen LogP contribution is -2.39. The first kappa shape index (κ1) is 16.4. The molecule has 2 aromatic rings. The van der Waals surface area contributed by atoms with Gasteiger partial charge in [-0.15, -0.1) is 0 Å². The number of rotatable bonds is 6. The largest absolute Gasteiger partial charge is 0.478 e. The molecule has 128 valence electrons. The summed E-state index contributed by atoms with van der Waals surface area (Å²) in [5.41, 5.74) is 0. The van der Waals surface area contributed by atoms with Gasteiger partial charge in [0.2, 0.25) is 5.88 Å². The van der Waals surface area contributed by atoms with Crippen LogP contribution in [0.2, 0.25) is 0 Å². The molecule has 0 bridgehead atoms. The summed E-state index contributed by atoms with van der Waals surface area (Å²) in [6, 6.07) is 3.62. The Morgan fingerprint density at radius 1 is 1.33 bits per heavy atom. The van der Waals surface area contributed by atoms with Crippen LogP contribution in [0.5, 0.6) is 5.88 Å². The number of anilines is 2. The van der Waals surface area contributed by atoms with E-state index < -0.39 is 6.17 Å². The average molecular weight is 332 g/mol. The Balaban J connectivity index is 1.72. The number of hydrogen-bond donors (Lipinski definition) is 0. The minimum Gasteiger partial charge on any atom is -0.478 e. The molecule has 0 radical (unpaired) electrons. The maximum absolute atomic E-state index is 14.0. The molecule has 0 spiro atoms. The number of likely N-dealkylation sites (N-methyl/N-ethyl adjacent to an activating group) is 1. The fourth-order valence-electron chi connectivity index (χ4n) is 2.94. The summed E-state index contributed by atoms with van der Waals surface area (Å²) < 4.78 is 19.4. The van der Waals surface area contributed by atoms with Crippen molar-refractivity contribution < 1.29 is 9.13 Å². The molecule has 2 aromatic heterocycles. The molecule has 3 heterocycles. The van der Waals surface area contributed by atoms with Crippen LogP contribution in [0.3, 0.4) is 0 Å². The van der Waals surface area contributed by atoms with Crippen LogP contribution < -0.4 is 14.5 Å². The highest BCUT2D eigenvalue weighted by atomic mass is 19.1. The van der Waals surface area contributed by atoms with Crippen molar-refractivity contribution in [3.63, 3.8) is 0 Å². The van der Waals surface area contributed by atoms with Crippen molar-refractivity contribution in [2.24, 2.45) is 0 Å². The molecule has 7 nitrogen and oxygen atoms in total. The van der Waals surface area contributed by atoms with Crippen molar-refractivity contribution in [1.29, 1.82) is 0 Å². The minimum absolute atomic E-state index is 0.0189. The van der Waals surface area contributed by atoms with Crippen LogP contribution in [0, 0.1) is 0 Å². The van der Waals surface area contributed by atoms with E-state index in [1.807, 2.05) is 29.8 Å². The molecule has 24 heavy (non-hydrogen) atoms. The molecule has 2 atom stereocenters. The van der Waals surface area contributed by atoms with Crippen LogP contribution in [0.1, 0.15) is 13.3 Å². The lowest BCUT2D eigenvalue weighted by atomic mass is 10.2. The van der Waals surface area contributed by atoms with Crippen molar-refractivity contribution in [3.05, 3.63) is 31.0 Å². The Hall–Kier alpha value is -2.51. The zero-order chi connectivity index (χ0) is 16.9. The van der Waals surface area contributed by atoms with Crippen molar-refractivity contribution in [1.82, 2.24) is 19.9 Å². The fraction of sp³-hybridized carbons (Fsp3) is 0.500. The van der Waals surface area contributed by atoms with E-state index in [4.69, 9.17) is 4.74 Å². The summed E-state index contributed by atoms with van der Waals surface area (Å²) >= 11 is 0. The molecular weight excluding hydrogens is 311 g/mol. The van der Waals surface area contributed by atoms with Crippen LogP contribution in [0.15, 0.2) is 31.0 Å². The molecule has 3 rings (SSSR count). The van der Waals surface area contributed by atoms with Gasteiger partial charge in [-0.2, -0.15) is 0 Å². The van der Waals surface area contributed by atoms with E-state index >= 15 is 0 Å². The Morgan fingerprint density at radius 2 is 2.21 bits per heavy atom. The highest BCUT2D eigenvalue weighted by Gasteiger charge is 2.33. The van der Waals surface area contributed by atoms with Gasteiger partial charge in [0.05, 0.1) is 19.2 Å². The summed E-state index contributed by atoms with van der Waals surface area (Å²) in [6.07, 6.45) is 4.25. The van der Waals surface area contributed by atoms with Gasteiger partial charge < -0.3 is 14.5 Å². The monoisotopic (exact) mass is 332 g/mol. The highest BCUT2D eigenvalue weighted by Crippen LogP contribution is 2.27. The molecule has 1 saturated heterocycles. The van der Waals surface area contributed by atoms with E-state index in [1.54, 1.807) is 12.3 Å². The highest BCUT2D eigenvalue weighted by molar-refractivity contribution is 5.44. The Morgan fingerprint density at radius 3 is 2.96 bits per heavy atom. The summed E-state index contributed by atoms with van der Waals surface area (Å²) in [6.45, 7) is 3.44. The molecule has 0 amide bonds. The lowest BCUT2D eigenvalue weighted by molar-refractivity contribution is 0.326. The van der Waals surface area contributed by atoms with Gasteiger partial charge in [-0.3, -0.25) is 0 Å². The van der Waals surface area contributed by atoms with Gasteiger partial charge in [0, 0.05) is 32.3 Å². The minimum atomic E-state index is -0.859. The zero-order valence-corrected chi connectivity index (χ0v) is 13.8. The van der Waals surface area contributed by atoms with Crippen molar-refractivity contribution in [2.45, 2.75) is 25.6 Å². The van der Waals surface area contributed by atoms with E-state index in [9.17, 15) is 4.39 Å². The first-order valence-corrected chi connectivity index (χ1v) is 8.00. The molecule has 0 aromatic carbocycles. The van der Waals surface area contributed by atoms with Crippen molar-refractivity contribution in [3.8, 4) is 5.88 Å². The predicted molar refractivity (Wildman–Crippen MR) is 89.2 cm³/mol. The van der Waals surface area contributed by atoms with Crippen LogP contribution in [-0.4, -0.2) is 58.9 Å². The van der Waals surface area contributed by atoms with Gasteiger partial charge in [-0.1, -0.05) is 0 Å². The van der Waals surface area contributed by atoms with E-state index in [-0.39, 0.29) is 6.04 Å². The molecule has 1 aliphatic rings. The summed E-state index contributed by atoms with van der Waals surface area (Å²) in [5.74, 6) is 2.04. The summed E-state index contributed by atoms with van der Waals surface area (Å²) in [7, 11) is 1.93. The van der Waals surface area contributed by atoms with Crippen LogP contribution in [0.25, 0.3) is 0 Å². The van der Waals surface area contributed by atoms with Crippen LogP contribution >= 0.6 is 0 Å². The molecular formula is C16H21FN6O. The van der Waals surface area contributed by atoms with E-state index in [0.717, 1.165) is 11.6 Å². The first-order valence-electron chi connectivity index (χ1n) is 8.00. The standard InChI is InChI=1S/C16H21FN6O/c1-3-24-16-7-15(20-11-21-16)22(2)9-13-6-12(17)8-23(13)14-4-5-18-10-19-14/h4-5,7,10-13H,3,6,8-9H2,1-2H3/t12-,13-/m0/s1. The van der Waals surface area contributed by atoms with Crippen molar-refractivity contribution >= 4 is 11.6 Å².